The van der Waals surface area contributed by atoms with E-state index in [9.17, 15) is 18.4 Å². The summed E-state index contributed by atoms with van der Waals surface area (Å²) in [6, 6.07) is 18.3. The van der Waals surface area contributed by atoms with E-state index in [1.54, 1.807) is 50.2 Å². The zero-order valence-electron chi connectivity index (χ0n) is 17.4. The highest BCUT2D eigenvalue weighted by molar-refractivity contribution is 6.03. The number of nitrogens with one attached hydrogen (secondary N) is 2. The Kier molecular flexibility index (Phi) is 7.17. The van der Waals surface area contributed by atoms with E-state index in [0.717, 1.165) is 11.1 Å². The Hall–Kier alpha value is -4.20. The highest BCUT2D eigenvalue weighted by Crippen LogP contribution is 2.09. The molecule has 0 aliphatic heterocycles. The molecule has 0 spiro atoms. The fraction of sp³-hybridized carbons (Fsp3) is 0.0833. The molecular weight excluding hydrogens is 414 g/mol. The Labute approximate surface area is 183 Å². The number of amides is 2. The Bertz CT molecular complexity index is 1110. The van der Waals surface area contributed by atoms with E-state index in [2.05, 4.69) is 21.1 Å². The maximum Gasteiger partial charge on any atom is 0.274 e. The van der Waals surface area contributed by atoms with E-state index in [1.165, 1.54) is 36.4 Å². The molecule has 0 unspecified atom stereocenters. The Morgan fingerprint density at radius 1 is 0.625 bits per heavy atom. The van der Waals surface area contributed by atoms with E-state index in [1.807, 2.05) is 0 Å². The van der Waals surface area contributed by atoms with Crippen molar-refractivity contribution in [1.82, 2.24) is 10.9 Å². The van der Waals surface area contributed by atoms with Crippen LogP contribution >= 0.6 is 0 Å². The second-order valence-electron chi connectivity index (χ2n) is 6.81. The van der Waals surface area contributed by atoms with Gasteiger partial charge in [-0.05, 0) is 49.2 Å². The van der Waals surface area contributed by atoms with Gasteiger partial charge in [-0.2, -0.15) is 10.2 Å². The van der Waals surface area contributed by atoms with Crippen LogP contribution in [0.2, 0.25) is 0 Å². The summed E-state index contributed by atoms with van der Waals surface area (Å²) in [7, 11) is 0. The predicted octanol–water partition coefficient (Wildman–Crippen LogP) is 4.27. The average molecular weight is 434 g/mol. The molecule has 0 bridgehead atoms. The first-order valence-electron chi connectivity index (χ1n) is 9.66. The molecule has 0 radical (unpaired) electrons. The minimum atomic E-state index is -0.646. The van der Waals surface area contributed by atoms with Crippen LogP contribution in [0.5, 0.6) is 0 Å². The average Bonchev–Trinajstić information content (AvgIpc) is 2.81. The molecule has 3 rings (SSSR count). The summed E-state index contributed by atoms with van der Waals surface area (Å²) < 4.78 is 27.3. The van der Waals surface area contributed by atoms with Crippen LogP contribution in [-0.2, 0) is 0 Å². The fourth-order valence-corrected chi connectivity index (χ4v) is 2.76. The van der Waals surface area contributed by atoms with Crippen molar-refractivity contribution >= 4 is 23.2 Å². The van der Waals surface area contributed by atoms with E-state index in [-0.39, 0.29) is 11.1 Å². The monoisotopic (exact) mass is 434 g/mol. The molecule has 3 aromatic rings. The van der Waals surface area contributed by atoms with Crippen LogP contribution in [0.4, 0.5) is 8.78 Å². The smallest absolute Gasteiger partial charge is 0.267 e. The zero-order valence-corrected chi connectivity index (χ0v) is 17.4. The number of carbonyl (C=O) groups is 2. The van der Waals surface area contributed by atoms with Crippen molar-refractivity contribution in [1.29, 1.82) is 0 Å². The summed E-state index contributed by atoms with van der Waals surface area (Å²) in [5, 5.41) is 8.03. The van der Waals surface area contributed by atoms with Gasteiger partial charge in [0.25, 0.3) is 11.8 Å². The van der Waals surface area contributed by atoms with Gasteiger partial charge in [-0.1, -0.05) is 48.5 Å². The van der Waals surface area contributed by atoms with Crippen molar-refractivity contribution in [2.45, 2.75) is 13.8 Å². The summed E-state index contributed by atoms with van der Waals surface area (Å²) in [6.07, 6.45) is 0. The van der Waals surface area contributed by atoms with Gasteiger partial charge in [-0.3, -0.25) is 9.59 Å². The molecule has 162 valence electrons. The maximum atomic E-state index is 13.7. The van der Waals surface area contributed by atoms with Crippen LogP contribution in [0.1, 0.15) is 45.7 Å². The van der Waals surface area contributed by atoms with Gasteiger partial charge in [-0.25, -0.2) is 19.6 Å². The molecule has 3 aromatic carbocycles. The zero-order chi connectivity index (χ0) is 23.1. The van der Waals surface area contributed by atoms with Crippen LogP contribution in [0.3, 0.4) is 0 Å². The van der Waals surface area contributed by atoms with Crippen molar-refractivity contribution < 1.29 is 18.4 Å². The topological polar surface area (TPSA) is 82.9 Å². The first-order chi connectivity index (χ1) is 15.4. The SMILES string of the molecule is CC(=NNC(=O)c1ccccc1F)c1ccc(C(C)=NNC(=O)c2ccccc2F)cc1. The standard InChI is InChI=1S/C24H20F2N4O2/c1-15(27-29-23(31)19-7-3-5-9-21(19)25)17-11-13-18(14-12-17)16(2)28-30-24(32)20-8-4-6-10-22(20)26/h3-14H,1-2H3,(H,29,31)(H,30,32). The third-order valence-corrected chi connectivity index (χ3v) is 4.61. The molecule has 0 heterocycles. The van der Waals surface area contributed by atoms with Crippen molar-refractivity contribution in [2.24, 2.45) is 10.2 Å². The van der Waals surface area contributed by atoms with Crippen molar-refractivity contribution in [3.63, 3.8) is 0 Å². The van der Waals surface area contributed by atoms with Crippen molar-refractivity contribution in [3.8, 4) is 0 Å². The molecule has 0 aromatic heterocycles. The lowest BCUT2D eigenvalue weighted by Gasteiger charge is -2.06. The third-order valence-electron chi connectivity index (χ3n) is 4.61. The summed E-state index contributed by atoms with van der Waals surface area (Å²) in [5.41, 5.74) is 6.97. The third kappa shape index (κ3) is 5.48. The molecule has 2 N–H and O–H groups in total. The van der Waals surface area contributed by atoms with Gasteiger partial charge < -0.3 is 0 Å². The van der Waals surface area contributed by atoms with Crippen LogP contribution in [0.25, 0.3) is 0 Å². The summed E-state index contributed by atoms with van der Waals surface area (Å²) >= 11 is 0. The lowest BCUT2D eigenvalue weighted by molar-refractivity contribution is 0.0942. The minimum absolute atomic E-state index is 0.0938. The van der Waals surface area contributed by atoms with Gasteiger partial charge in [-0.15, -0.1) is 0 Å². The van der Waals surface area contributed by atoms with Crippen LogP contribution in [0, 0.1) is 11.6 Å². The number of hydrogen-bond acceptors (Lipinski definition) is 4. The lowest BCUT2D eigenvalue weighted by atomic mass is 10.1. The van der Waals surface area contributed by atoms with E-state index < -0.39 is 23.4 Å². The molecule has 32 heavy (non-hydrogen) atoms. The molecule has 0 atom stereocenters. The second kappa shape index (κ2) is 10.2. The lowest BCUT2D eigenvalue weighted by Crippen LogP contribution is -2.21. The quantitative estimate of drug-likeness (QED) is 0.449. The van der Waals surface area contributed by atoms with Crippen LogP contribution in [-0.4, -0.2) is 23.2 Å². The van der Waals surface area contributed by atoms with Gasteiger partial charge in [0.05, 0.1) is 22.6 Å². The van der Waals surface area contributed by atoms with Crippen molar-refractivity contribution in [3.05, 3.63) is 107 Å². The molecule has 0 aliphatic carbocycles. The van der Waals surface area contributed by atoms with Crippen LogP contribution in [0.15, 0.2) is 83.0 Å². The summed E-state index contributed by atoms with van der Waals surface area (Å²) in [5.74, 6) is -2.54. The first-order valence-corrected chi connectivity index (χ1v) is 9.66. The number of benzene rings is 3. The van der Waals surface area contributed by atoms with Gasteiger partial charge in [0.15, 0.2) is 0 Å². The number of halogens is 2. The van der Waals surface area contributed by atoms with Crippen LogP contribution < -0.4 is 10.9 Å². The number of nitrogens with zero attached hydrogens (tertiary/aromatic N) is 2. The molecular formula is C24H20F2N4O2. The molecule has 0 fully saturated rings. The molecule has 8 heteroatoms. The normalized spacial score (nSPS) is 11.8. The number of rotatable bonds is 6. The van der Waals surface area contributed by atoms with E-state index in [0.29, 0.717) is 11.4 Å². The largest absolute Gasteiger partial charge is 0.274 e. The summed E-state index contributed by atoms with van der Waals surface area (Å²) in [4.78, 5) is 24.1. The molecule has 0 saturated carbocycles. The molecule has 0 aliphatic rings. The van der Waals surface area contributed by atoms with Crippen molar-refractivity contribution in [2.75, 3.05) is 0 Å². The highest BCUT2D eigenvalue weighted by Gasteiger charge is 2.11. The Morgan fingerprint density at radius 3 is 1.31 bits per heavy atom. The highest BCUT2D eigenvalue weighted by atomic mass is 19.1. The molecule has 0 saturated heterocycles. The molecule has 6 nitrogen and oxygen atoms in total. The predicted molar refractivity (Wildman–Crippen MR) is 119 cm³/mol. The molecule has 2 amide bonds. The number of hydrogen-bond donors (Lipinski definition) is 2. The van der Waals surface area contributed by atoms with Gasteiger partial charge >= 0.3 is 0 Å². The van der Waals surface area contributed by atoms with Gasteiger partial charge in [0, 0.05) is 0 Å². The first kappa shape index (κ1) is 22.5. The van der Waals surface area contributed by atoms with Gasteiger partial charge in [0.1, 0.15) is 11.6 Å². The minimum Gasteiger partial charge on any atom is -0.267 e. The van der Waals surface area contributed by atoms with E-state index >= 15 is 0 Å². The van der Waals surface area contributed by atoms with Gasteiger partial charge in [0.2, 0.25) is 0 Å². The van der Waals surface area contributed by atoms with E-state index in [4.69, 9.17) is 0 Å². The Morgan fingerprint density at radius 2 is 0.969 bits per heavy atom. The Balaban J connectivity index is 1.64. The number of hydrazone groups is 2. The second-order valence-corrected chi connectivity index (χ2v) is 6.81. The fourth-order valence-electron chi connectivity index (χ4n) is 2.76. The number of carbonyl (C=O) groups excluding carboxylic acids is 2. The maximum absolute atomic E-state index is 13.7. The summed E-state index contributed by atoms with van der Waals surface area (Å²) in [6.45, 7) is 3.40.